The molecule has 0 amide bonds. The van der Waals surface area contributed by atoms with Crippen LogP contribution in [0, 0.1) is 0 Å². The zero-order chi connectivity index (χ0) is 10.5. The van der Waals surface area contributed by atoms with Crippen molar-refractivity contribution >= 4 is 0 Å². The molecular formula is C12H17NO2. The molecule has 2 rings (SSSR count). The summed E-state index contributed by atoms with van der Waals surface area (Å²) in [5.41, 5.74) is 1.25. The van der Waals surface area contributed by atoms with Crippen LogP contribution in [0.2, 0.25) is 0 Å². The van der Waals surface area contributed by atoms with E-state index in [0.717, 1.165) is 31.9 Å². The van der Waals surface area contributed by atoms with Crippen LogP contribution < -0.4 is 10.1 Å². The molecule has 3 nitrogen and oxygen atoms in total. The van der Waals surface area contributed by atoms with Crippen LogP contribution in [0.25, 0.3) is 0 Å². The summed E-state index contributed by atoms with van der Waals surface area (Å²) in [6.45, 7) is 2.60. The van der Waals surface area contributed by atoms with Crippen molar-refractivity contribution in [3.63, 3.8) is 0 Å². The fourth-order valence-electron chi connectivity index (χ4n) is 1.74. The molecule has 15 heavy (non-hydrogen) atoms. The highest BCUT2D eigenvalue weighted by Crippen LogP contribution is 2.13. The van der Waals surface area contributed by atoms with Crippen LogP contribution in [0.5, 0.6) is 5.75 Å². The number of methoxy groups -OCH3 is 1. The summed E-state index contributed by atoms with van der Waals surface area (Å²) in [4.78, 5) is 0. The fraction of sp³-hybridized carbons (Fsp3) is 0.500. The smallest absolute Gasteiger partial charge is 0.119 e. The average Bonchev–Trinajstić information content (AvgIpc) is 2.79. The van der Waals surface area contributed by atoms with E-state index >= 15 is 0 Å². The van der Waals surface area contributed by atoms with E-state index in [1.165, 1.54) is 5.56 Å². The molecule has 1 atom stereocenters. The van der Waals surface area contributed by atoms with Crippen molar-refractivity contribution in [1.29, 1.82) is 0 Å². The van der Waals surface area contributed by atoms with E-state index in [1.807, 2.05) is 12.1 Å². The van der Waals surface area contributed by atoms with E-state index in [4.69, 9.17) is 9.47 Å². The van der Waals surface area contributed by atoms with Crippen molar-refractivity contribution < 1.29 is 9.47 Å². The minimum Gasteiger partial charge on any atom is -0.497 e. The van der Waals surface area contributed by atoms with Crippen LogP contribution in [0.3, 0.4) is 0 Å². The Bertz CT molecular complexity index is 308. The first-order chi connectivity index (χ1) is 7.38. The summed E-state index contributed by atoms with van der Waals surface area (Å²) in [6.07, 6.45) is 1.12. The lowest BCUT2D eigenvalue weighted by atomic mass is 10.2. The van der Waals surface area contributed by atoms with Crippen LogP contribution in [0.1, 0.15) is 12.0 Å². The molecule has 1 aromatic rings. The Morgan fingerprint density at radius 2 is 2.47 bits per heavy atom. The van der Waals surface area contributed by atoms with Crippen molar-refractivity contribution in [2.45, 2.75) is 19.0 Å². The lowest BCUT2D eigenvalue weighted by Gasteiger charge is -2.10. The summed E-state index contributed by atoms with van der Waals surface area (Å²) >= 11 is 0. The molecule has 0 bridgehead atoms. The fourth-order valence-corrected chi connectivity index (χ4v) is 1.74. The topological polar surface area (TPSA) is 30.5 Å². The van der Waals surface area contributed by atoms with Gasteiger partial charge in [-0.1, -0.05) is 12.1 Å². The van der Waals surface area contributed by atoms with Crippen molar-refractivity contribution in [1.82, 2.24) is 5.32 Å². The molecule has 1 aliphatic heterocycles. The number of hydrogen-bond acceptors (Lipinski definition) is 3. The molecule has 1 aromatic carbocycles. The van der Waals surface area contributed by atoms with Crippen LogP contribution in [-0.4, -0.2) is 26.4 Å². The van der Waals surface area contributed by atoms with Gasteiger partial charge in [0.1, 0.15) is 5.75 Å². The second-order valence-electron chi connectivity index (χ2n) is 3.79. The standard InChI is InChI=1S/C12H17NO2/c1-14-12-4-2-3-10(7-12)8-13-11-5-6-15-9-11/h2-4,7,11,13H,5-6,8-9H2,1H3. The van der Waals surface area contributed by atoms with Gasteiger partial charge in [-0.15, -0.1) is 0 Å². The normalized spacial score (nSPS) is 20.5. The SMILES string of the molecule is COc1cccc(CNC2CCOC2)c1. The van der Waals surface area contributed by atoms with E-state index in [2.05, 4.69) is 17.4 Å². The van der Waals surface area contributed by atoms with Gasteiger partial charge < -0.3 is 14.8 Å². The number of hydrogen-bond donors (Lipinski definition) is 1. The van der Waals surface area contributed by atoms with Gasteiger partial charge in [0.15, 0.2) is 0 Å². The van der Waals surface area contributed by atoms with Crippen molar-refractivity contribution in [2.75, 3.05) is 20.3 Å². The summed E-state index contributed by atoms with van der Waals surface area (Å²) in [7, 11) is 1.69. The van der Waals surface area contributed by atoms with E-state index in [-0.39, 0.29) is 0 Å². The Morgan fingerprint density at radius 1 is 1.53 bits per heavy atom. The maximum Gasteiger partial charge on any atom is 0.119 e. The molecule has 1 fully saturated rings. The first kappa shape index (κ1) is 10.5. The Hall–Kier alpha value is -1.06. The van der Waals surface area contributed by atoms with Gasteiger partial charge in [0.2, 0.25) is 0 Å². The van der Waals surface area contributed by atoms with Gasteiger partial charge in [0.25, 0.3) is 0 Å². The van der Waals surface area contributed by atoms with Gasteiger partial charge in [-0.05, 0) is 24.1 Å². The van der Waals surface area contributed by atoms with E-state index in [9.17, 15) is 0 Å². The molecule has 1 N–H and O–H groups in total. The largest absolute Gasteiger partial charge is 0.497 e. The highest BCUT2D eigenvalue weighted by Gasteiger charge is 2.14. The van der Waals surface area contributed by atoms with Crippen LogP contribution in [0.4, 0.5) is 0 Å². The quantitative estimate of drug-likeness (QED) is 0.813. The van der Waals surface area contributed by atoms with Crippen LogP contribution in [0.15, 0.2) is 24.3 Å². The molecule has 1 saturated heterocycles. The van der Waals surface area contributed by atoms with Crippen molar-refractivity contribution in [3.8, 4) is 5.75 Å². The third-order valence-corrected chi connectivity index (χ3v) is 2.66. The molecule has 1 unspecified atom stereocenters. The van der Waals surface area contributed by atoms with Gasteiger partial charge in [-0.2, -0.15) is 0 Å². The van der Waals surface area contributed by atoms with Gasteiger partial charge in [-0.25, -0.2) is 0 Å². The molecular weight excluding hydrogens is 190 g/mol. The van der Waals surface area contributed by atoms with Gasteiger partial charge in [0, 0.05) is 19.2 Å². The first-order valence-electron chi connectivity index (χ1n) is 5.32. The van der Waals surface area contributed by atoms with Crippen molar-refractivity contribution in [3.05, 3.63) is 29.8 Å². The minimum atomic E-state index is 0.510. The zero-order valence-corrected chi connectivity index (χ0v) is 9.03. The third-order valence-electron chi connectivity index (χ3n) is 2.66. The maximum atomic E-state index is 5.30. The summed E-state index contributed by atoms with van der Waals surface area (Å²) in [5.74, 6) is 0.914. The molecule has 3 heteroatoms. The monoisotopic (exact) mass is 207 g/mol. The van der Waals surface area contributed by atoms with Crippen LogP contribution >= 0.6 is 0 Å². The molecule has 0 radical (unpaired) electrons. The highest BCUT2D eigenvalue weighted by molar-refractivity contribution is 5.28. The summed E-state index contributed by atoms with van der Waals surface area (Å²) < 4.78 is 10.5. The Balaban J connectivity index is 1.86. The first-order valence-corrected chi connectivity index (χ1v) is 5.32. The van der Waals surface area contributed by atoms with E-state index in [0.29, 0.717) is 6.04 Å². The Kier molecular flexibility index (Phi) is 3.59. The predicted molar refractivity (Wildman–Crippen MR) is 59.1 cm³/mol. The molecule has 1 heterocycles. The Morgan fingerprint density at radius 3 is 3.20 bits per heavy atom. The van der Waals surface area contributed by atoms with E-state index < -0.39 is 0 Å². The van der Waals surface area contributed by atoms with E-state index in [1.54, 1.807) is 7.11 Å². The third kappa shape index (κ3) is 2.94. The van der Waals surface area contributed by atoms with Gasteiger partial charge in [-0.3, -0.25) is 0 Å². The molecule has 0 saturated carbocycles. The summed E-state index contributed by atoms with van der Waals surface area (Å²) in [5, 5.41) is 3.47. The highest BCUT2D eigenvalue weighted by atomic mass is 16.5. The number of benzene rings is 1. The molecule has 0 aromatic heterocycles. The molecule has 0 spiro atoms. The number of ether oxygens (including phenoxy) is 2. The summed E-state index contributed by atoms with van der Waals surface area (Å²) in [6, 6.07) is 8.65. The predicted octanol–water partition coefficient (Wildman–Crippen LogP) is 1.57. The second-order valence-corrected chi connectivity index (χ2v) is 3.79. The Labute approximate surface area is 90.4 Å². The average molecular weight is 207 g/mol. The van der Waals surface area contributed by atoms with Gasteiger partial charge in [0.05, 0.1) is 13.7 Å². The molecule has 1 aliphatic rings. The lowest BCUT2D eigenvalue weighted by Crippen LogP contribution is -2.28. The number of rotatable bonds is 4. The minimum absolute atomic E-state index is 0.510. The van der Waals surface area contributed by atoms with Gasteiger partial charge >= 0.3 is 0 Å². The lowest BCUT2D eigenvalue weighted by molar-refractivity contribution is 0.190. The van der Waals surface area contributed by atoms with Crippen LogP contribution in [-0.2, 0) is 11.3 Å². The van der Waals surface area contributed by atoms with Crippen molar-refractivity contribution in [2.24, 2.45) is 0 Å². The maximum absolute atomic E-state index is 5.30. The molecule has 0 aliphatic carbocycles. The second kappa shape index (κ2) is 5.14. The zero-order valence-electron chi connectivity index (χ0n) is 9.03. The number of nitrogens with one attached hydrogen (secondary N) is 1. The molecule has 82 valence electrons.